The molecule has 0 radical (unpaired) electrons. The van der Waals surface area contributed by atoms with Crippen LogP contribution in [0.1, 0.15) is 0 Å². The summed E-state index contributed by atoms with van der Waals surface area (Å²) in [6, 6.07) is 8.17. The third kappa shape index (κ3) is 3.17. The minimum atomic E-state index is -0.250. The summed E-state index contributed by atoms with van der Waals surface area (Å²) in [6.07, 6.45) is 5.58. The second kappa shape index (κ2) is 6.51. The van der Waals surface area contributed by atoms with Gasteiger partial charge in [0, 0.05) is 49.2 Å². The molecule has 0 atom stereocenters. The second-order valence-corrected chi connectivity index (χ2v) is 4.51. The number of hydrogen-bond donors (Lipinski definition) is 2. The number of fused-ring (bicyclic) bond motifs is 1. The molecule has 3 aromatic heterocycles. The van der Waals surface area contributed by atoms with Crippen LogP contribution in [0.25, 0.3) is 22.2 Å². The fraction of sp³-hybridized carbons (Fsp3) is 0.133. The van der Waals surface area contributed by atoms with E-state index in [1.54, 1.807) is 6.20 Å². The number of carboxylic acid groups (broad SMARTS) is 1. The molecule has 3 heterocycles. The molecule has 0 aliphatic carbocycles. The Labute approximate surface area is 122 Å². The van der Waals surface area contributed by atoms with E-state index in [0.717, 1.165) is 28.0 Å². The summed E-state index contributed by atoms with van der Waals surface area (Å²) in [6.45, 7) is -0.250. The largest absolute Gasteiger partial charge is 0.483 e. The lowest BCUT2D eigenvalue weighted by atomic mass is 10.1. The Bertz CT molecular complexity index is 737. The van der Waals surface area contributed by atoms with Gasteiger partial charge in [0.2, 0.25) is 0 Å². The highest BCUT2D eigenvalue weighted by atomic mass is 16.3. The number of pyridine rings is 2. The fourth-order valence-electron chi connectivity index (χ4n) is 2.07. The van der Waals surface area contributed by atoms with Crippen molar-refractivity contribution in [1.82, 2.24) is 15.0 Å². The molecular weight excluding hydrogens is 268 g/mol. The average molecular weight is 284 g/mol. The van der Waals surface area contributed by atoms with E-state index in [1.165, 1.54) is 0 Å². The van der Waals surface area contributed by atoms with E-state index in [2.05, 4.69) is 27.1 Å². The van der Waals surface area contributed by atoms with Crippen LogP contribution in [0.3, 0.4) is 0 Å². The van der Waals surface area contributed by atoms with Crippen LogP contribution in [-0.4, -0.2) is 40.6 Å². The Hall–Kier alpha value is -2.89. The Balaban J connectivity index is 0.000000497. The topological polar surface area (TPSA) is 82.1 Å². The third-order valence-electron chi connectivity index (χ3n) is 2.92. The molecule has 6 heteroatoms. The molecule has 0 fully saturated rings. The van der Waals surface area contributed by atoms with Gasteiger partial charge < -0.3 is 15.0 Å². The number of aromatic nitrogens is 3. The molecule has 0 saturated heterocycles. The first-order valence-electron chi connectivity index (χ1n) is 6.31. The van der Waals surface area contributed by atoms with Gasteiger partial charge in [0.25, 0.3) is 6.47 Å². The molecule has 2 N–H and O–H groups in total. The molecule has 3 aromatic rings. The molecular formula is C15H16N4O2. The zero-order valence-corrected chi connectivity index (χ0v) is 11.8. The highest BCUT2D eigenvalue weighted by Crippen LogP contribution is 2.28. The number of nitrogens with one attached hydrogen (secondary N) is 1. The Morgan fingerprint density at radius 1 is 1.29 bits per heavy atom. The normalized spacial score (nSPS) is 9.81. The summed E-state index contributed by atoms with van der Waals surface area (Å²) < 4.78 is 0. The van der Waals surface area contributed by atoms with Crippen LogP contribution < -0.4 is 4.90 Å². The zero-order valence-electron chi connectivity index (χ0n) is 11.8. The van der Waals surface area contributed by atoms with Gasteiger partial charge in [0.1, 0.15) is 11.5 Å². The molecule has 108 valence electrons. The fourth-order valence-corrected chi connectivity index (χ4v) is 2.07. The van der Waals surface area contributed by atoms with Crippen molar-refractivity contribution in [3.05, 3.63) is 42.9 Å². The molecule has 0 saturated carbocycles. The van der Waals surface area contributed by atoms with Gasteiger partial charge >= 0.3 is 0 Å². The van der Waals surface area contributed by atoms with Gasteiger partial charge in [-0.1, -0.05) is 0 Å². The van der Waals surface area contributed by atoms with Crippen molar-refractivity contribution in [2.24, 2.45) is 0 Å². The van der Waals surface area contributed by atoms with Crippen LogP contribution in [0.4, 0.5) is 5.82 Å². The molecule has 0 unspecified atom stereocenters. The number of nitrogens with zero attached hydrogens (tertiary/aromatic N) is 3. The van der Waals surface area contributed by atoms with Crippen LogP contribution >= 0.6 is 0 Å². The molecule has 0 aliphatic heterocycles. The van der Waals surface area contributed by atoms with Crippen molar-refractivity contribution in [2.45, 2.75) is 0 Å². The molecule has 0 bridgehead atoms. The van der Waals surface area contributed by atoms with Gasteiger partial charge in [-0.25, -0.2) is 9.97 Å². The first-order valence-corrected chi connectivity index (χ1v) is 6.31. The number of carbonyl (C=O) groups is 1. The first kappa shape index (κ1) is 14.5. The Morgan fingerprint density at radius 3 is 2.76 bits per heavy atom. The number of H-pyrrole nitrogens is 1. The van der Waals surface area contributed by atoms with Gasteiger partial charge in [-0.05, 0) is 24.3 Å². The minimum absolute atomic E-state index is 0.250. The zero-order chi connectivity index (χ0) is 15.2. The average Bonchev–Trinajstić information content (AvgIpc) is 2.95. The van der Waals surface area contributed by atoms with Crippen molar-refractivity contribution < 1.29 is 9.90 Å². The summed E-state index contributed by atoms with van der Waals surface area (Å²) in [4.78, 5) is 22.3. The first-order chi connectivity index (χ1) is 10.2. The van der Waals surface area contributed by atoms with Gasteiger partial charge in [-0.15, -0.1) is 0 Å². The predicted molar refractivity (Wildman–Crippen MR) is 82.3 cm³/mol. The molecule has 21 heavy (non-hydrogen) atoms. The van der Waals surface area contributed by atoms with Gasteiger partial charge in [-0.2, -0.15) is 0 Å². The highest BCUT2D eigenvalue weighted by molar-refractivity contribution is 5.84. The monoisotopic (exact) mass is 284 g/mol. The quantitative estimate of drug-likeness (QED) is 0.706. The van der Waals surface area contributed by atoms with Crippen LogP contribution in [0.15, 0.2) is 42.9 Å². The van der Waals surface area contributed by atoms with Crippen LogP contribution in [0, 0.1) is 0 Å². The third-order valence-corrected chi connectivity index (χ3v) is 2.92. The van der Waals surface area contributed by atoms with Crippen molar-refractivity contribution >= 4 is 23.3 Å². The maximum Gasteiger partial charge on any atom is 0.290 e. The molecule has 0 aromatic carbocycles. The number of rotatable bonds is 2. The van der Waals surface area contributed by atoms with E-state index in [9.17, 15) is 0 Å². The number of hydrogen-bond acceptors (Lipinski definition) is 4. The SMILES string of the molecule is CN(C)c1ncccc1-c1cnc2[nH]ccc2c1.O=CO. The predicted octanol–water partition coefficient (Wildman–Crippen LogP) is 2.39. The van der Waals surface area contributed by atoms with Crippen molar-refractivity contribution in [3.8, 4) is 11.1 Å². The lowest BCUT2D eigenvalue weighted by molar-refractivity contribution is -0.122. The Morgan fingerprint density at radius 2 is 2.05 bits per heavy atom. The molecule has 6 nitrogen and oxygen atoms in total. The molecule has 0 aliphatic rings. The molecule has 0 amide bonds. The maximum absolute atomic E-state index is 8.36. The van der Waals surface area contributed by atoms with Gasteiger partial charge in [0.15, 0.2) is 0 Å². The van der Waals surface area contributed by atoms with E-state index in [-0.39, 0.29) is 6.47 Å². The summed E-state index contributed by atoms with van der Waals surface area (Å²) in [5.74, 6) is 0.953. The van der Waals surface area contributed by atoms with E-state index >= 15 is 0 Å². The van der Waals surface area contributed by atoms with Gasteiger partial charge in [0.05, 0.1) is 0 Å². The molecule has 3 rings (SSSR count). The summed E-state index contributed by atoms with van der Waals surface area (Å²) in [7, 11) is 3.99. The van der Waals surface area contributed by atoms with Crippen LogP contribution in [0.5, 0.6) is 0 Å². The van der Waals surface area contributed by atoms with Gasteiger partial charge in [-0.3, -0.25) is 4.79 Å². The smallest absolute Gasteiger partial charge is 0.290 e. The van der Waals surface area contributed by atoms with Crippen molar-refractivity contribution in [2.75, 3.05) is 19.0 Å². The molecule has 0 spiro atoms. The summed E-state index contributed by atoms with van der Waals surface area (Å²) >= 11 is 0. The standard InChI is InChI=1S/C14H14N4.CH2O2/c1-18(2)14-12(4-3-6-16-14)11-8-10-5-7-15-13(10)17-9-11;2-1-3/h3-9H,1-2H3,(H,15,17);1H,(H,2,3). The highest BCUT2D eigenvalue weighted by Gasteiger charge is 2.09. The number of aromatic amines is 1. The van der Waals surface area contributed by atoms with E-state index < -0.39 is 0 Å². The minimum Gasteiger partial charge on any atom is -0.483 e. The summed E-state index contributed by atoms with van der Waals surface area (Å²) in [5.41, 5.74) is 3.09. The van der Waals surface area contributed by atoms with Crippen LogP contribution in [0.2, 0.25) is 0 Å². The number of anilines is 1. The van der Waals surface area contributed by atoms with E-state index in [1.807, 2.05) is 43.5 Å². The van der Waals surface area contributed by atoms with E-state index in [4.69, 9.17) is 9.90 Å². The maximum atomic E-state index is 8.36. The lowest BCUT2D eigenvalue weighted by Gasteiger charge is -2.15. The summed E-state index contributed by atoms with van der Waals surface area (Å²) in [5, 5.41) is 8.00. The second-order valence-electron chi connectivity index (χ2n) is 4.51. The Kier molecular flexibility index (Phi) is 4.50. The van der Waals surface area contributed by atoms with E-state index in [0.29, 0.717) is 0 Å². The van der Waals surface area contributed by atoms with Crippen LogP contribution in [-0.2, 0) is 4.79 Å². The van der Waals surface area contributed by atoms with Crippen molar-refractivity contribution in [3.63, 3.8) is 0 Å². The lowest BCUT2D eigenvalue weighted by Crippen LogP contribution is -2.11. The van der Waals surface area contributed by atoms with Crippen molar-refractivity contribution in [1.29, 1.82) is 0 Å².